The van der Waals surface area contributed by atoms with Gasteiger partial charge in [-0.25, -0.2) is 9.48 Å². The molecule has 0 saturated carbocycles. The third-order valence-electron chi connectivity index (χ3n) is 2.48. The molecule has 2 aromatic rings. The SMILES string of the molecule is O=c1[nH]c(=O)n(CCO)nc1Cc1ccccc1. The van der Waals surface area contributed by atoms with Crippen LogP contribution in [-0.2, 0) is 13.0 Å². The van der Waals surface area contributed by atoms with Gasteiger partial charge in [-0.15, -0.1) is 0 Å². The Kier molecular flexibility index (Phi) is 3.69. The van der Waals surface area contributed by atoms with Gasteiger partial charge in [0.05, 0.1) is 13.2 Å². The molecular formula is C12H13N3O3. The van der Waals surface area contributed by atoms with E-state index in [9.17, 15) is 9.59 Å². The van der Waals surface area contributed by atoms with Crippen LogP contribution in [0, 0.1) is 0 Å². The predicted molar refractivity (Wildman–Crippen MR) is 65.5 cm³/mol. The first kappa shape index (κ1) is 12.3. The van der Waals surface area contributed by atoms with Crippen molar-refractivity contribution in [3.05, 3.63) is 62.4 Å². The Morgan fingerprint density at radius 2 is 1.94 bits per heavy atom. The number of aromatic amines is 1. The van der Waals surface area contributed by atoms with E-state index in [0.717, 1.165) is 10.2 Å². The van der Waals surface area contributed by atoms with Crippen molar-refractivity contribution in [1.82, 2.24) is 14.8 Å². The van der Waals surface area contributed by atoms with Gasteiger partial charge in [-0.2, -0.15) is 5.10 Å². The van der Waals surface area contributed by atoms with Crippen LogP contribution in [0.2, 0.25) is 0 Å². The highest BCUT2D eigenvalue weighted by Gasteiger charge is 2.07. The molecule has 2 N–H and O–H groups in total. The zero-order valence-corrected chi connectivity index (χ0v) is 9.67. The largest absolute Gasteiger partial charge is 0.394 e. The summed E-state index contributed by atoms with van der Waals surface area (Å²) in [5.74, 6) is 0. The van der Waals surface area contributed by atoms with Gasteiger partial charge in [0.2, 0.25) is 0 Å². The van der Waals surface area contributed by atoms with Crippen LogP contribution in [0.3, 0.4) is 0 Å². The maximum atomic E-state index is 11.6. The zero-order valence-electron chi connectivity index (χ0n) is 9.67. The van der Waals surface area contributed by atoms with E-state index in [-0.39, 0.29) is 18.8 Å². The predicted octanol–water partition coefficient (Wildman–Crippen LogP) is -0.485. The van der Waals surface area contributed by atoms with Crippen LogP contribution in [0.5, 0.6) is 0 Å². The summed E-state index contributed by atoms with van der Waals surface area (Å²) < 4.78 is 1.06. The van der Waals surface area contributed by atoms with Crippen molar-refractivity contribution in [2.45, 2.75) is 13.0 Å². The average Bonchev–Trinajstić information content (AvgIpc) is 2.37. The van der Waals surface area contributed by atoms with Crippen molar-refractivity contribution in [3.63, 3.8) is 0 Å². The Labute approximate surface area is 103 Å². The molecular weight excluding hydrogens is 234 g/mol. The minimum Gasteiger partial charge on any atom is -0.394 e. The fraction of sp³-hybridized carbons (Fsp3) is 0.250. The van der Waals surface area contributed by atoms with Gasteiger partial charge in [0.15, 0.2) is 0 Å². The van der Waals surface area contributed by atoms with Gasteiger partial charge in [0, 0.05) is 6.42 Å². The van der Waals surface area contributed by atoms with Gasteiger partial charge < -0.3 is 5.11 Å². The number of aromatic nitrogens is 3. The molecule has 6 nitrogen and oxygen atoms in total. The molecule has 0 amide bonds. The number of hydrogen-bond acceptors (Lipinski definition) is 4. The fourth-order valence-corrected chi connectivity index (χ4v) is 1.62. The molecule has 0 aliphatic rings. The lowest BCUT2D eigenvalue weighted by Gasteiger charge is -2.04. The molecule has 0 aliphatic heterocycles. The number of H-pyrrole nitrogens is 1. The molecule has 0 unspecified atom stereocenters. The van der Waals surface area contributed by atoms with Crippen molar-refractivity contribution in [1.29, 1.82) is 0 Å². The lowest BCUT2D eigenvalue weighted by molar-refractivity contribution is 0.264. The summed E-state index contributed by atoms with van der Waals surface area (Å²) in [4.78, 5) is 25.2. The summed E-state index contributed by atoms with van der Waals surface area (Å²) in [6, 6.07) is 9.37. The van der Waals surface area contributed by atoms with E-state index in [1.165, 1.54) is 0 Å². The standard InChI is InChI=1S/C12H13N3O3/c16-7-6-15-12(18)13-11(17)10(14-15)8-9-4-2-1-3-5-9/h1-5,16H,6-8H2,(H,13,17,18). The lowest BCUT2D eigenvalue weighted by Crippen LogP contribution is -2.35. The normalized spacial score (nSPS) is 10.5. The van der Waals surface area contributed by atoms with E-state index in [0.29, 0.717) is 6.42 Å². The highest BCUT2D eigenvalue weighted by molar-refractivity contribution is 5.19. The van der Waals surface area contributed by atoms with Crippen molar-refractivity contribution in [2.75, 3.05) is 6.61 Å². The molecule has 0 atom stereocenters. The fourth-order valence-electron chi connectivity index (χ4n) is 1.62. The second kappa shape index (κ2) is 5.42. The first-order valence-corrected chi connectivity index (χ1v) is 5.56. The van der Waals surface area contributed by atoms with E-state index in [1.54, 1.807) is 0 Å². The summed E-state index contributed by atoms with van der Waals surface area (Å²) >= 11 is 0. The number of aliphatic hydroxyl groups excluding tert-OH is 1. The minimum atomic E-state index is -0.606. The molecule has 0 aliphatic carbocycles. The topological polar surface area (TPSA) is 88.0 Å². The van der Waals surface area contributed by atoms with Crippen LogP contribution in [0.4, 0.5) is 0 Å². The summed E-state index contributed by atoms with van der Waals surface area (Å²) in [6.45, 7) is -0.138. The van der Waals surface area contributed by atoms with Gasteiger partial charge in [-0.3, -0.25) is 9.78 Å². The third-order valence-corrected chi connectivity index (χ3v) is 2.48. The molecule has 1 aromatic carbocycles. The van der Waals surface area contributed by atoms with Crippen molar-refractivity contribution in [3.8, 4) is 0 Å². The molecule has 0 bridgehead atoms. The van der Waals surface area contributed by atoms with Crippen LogP contribution in [0.1, 0.15) is 11.3 Å². The summed E-state index contributed by atoms with van der Waals surface area (Å²) in [6.07, 6.45) is 0.349. The van der Waals surface area contributed by atoms with Crippen LogP contribution in [-0.4, -0.2) is 26.5 Å². The van der Waals surface area contributed by atoms with Crippen LogP contribution >= 0.6 is 0 Å². The van der Waals surface area contributed by atoms with Gasteiger partial charge in [-0.05, 0) is 5.56 Å². The number of hydrogen-bond donors (Lipinski definition) is 2. The smallest absolute Gasteiger partial charge is 0.344 e. The zero-order chi connectivity index (χ0) is 13.0. The maximum absolute atomic E-state index is 11.6. The number of benzene rings is 1. The molecule has 6 heteroatoms. The quantitative estimate of drug-likeness (QED) is 0.763. The monoisotopic (exact) mass is 247 g/mol. The molecule has 0 fully saturated rings. The van der Waals surface area contributed by atoms with Crippen LogP contribution < -0.4 is 11.2 Å². The van der Waals surface area contributed by atoms with E-state index in [1.807, 2.05) is 30.3 Å². The Morgan fingerprint density at radius 1 is 1.22 bits per heavy atom. The van der Waals surface area contributed by atoms with Crippen molar-refractivity contribution >= 4 is 0 Å². The van der Waals surface area contributed by atoms with Gasteiger partial charge in [0.25, 0.3) is 5.56 Å². The molecule has 0 saturated heterocycles. The Balaban J connectivity index is 2.36. The first-order chi connectivity index (χ1) is 8.70. The number of aliphatic hydroxyl groups is 1. The number of nitrogens with one attached hydrogen (secondary N) is 1. The Hall–Kier alpha value is -2.21. The summed E-state index contributed by atoms with van der Waals surface area (Å²) in [5, 5.41) is 12.8. The van der Waals surface area contributed by atoms with Gasteiger partial charge >= 0.3 is 5.69 Å². The highest BCUT2D eigenvalue weighted by Crippen LogP contribution is 2.02. The van der Waals surface area contributed by atoms with E-state index in [4.69, 9.17) is 5.11 Å². The average molecular weight is 247 g/mol. The molecule has 0 spiro atoms. The number of nitrogens with zero attached hydrogens (tertiary/aromatic N) is 2. The lowest BCUT2D eigenvalue weighted by atomic mass is 10.1. The first-order valence-electron chi connectivity index (χ1n) is 5.56. The van der Waals surface area contributed by atoms with Gasteiger partial charge in [0.1, 0.15) is 5.69 Å². The highest BCUT2D eigenvalue weighted by atomic mass is 16.3. The molecule has 1 aromatic heterocycles. The van der Waals surface area contributed by atoms with Gasteiger partial charge in [-0.1, -0.05) is 30.3 Å². The van der Waals surface area contributed by atoms with Crippen molar-refractivity contribution in [2.24, 2.45) is 0 Å². The summed E-state index contributed by atoms with van der Waals surface area (Å²) in [7, 11) is 0. The van der Waals surface area contributed by atoms with E-state index < -0.39 is 11.2 Å². The molecule has 1 heterocycles. The van der Waals surface area contributed by atoms with Crippen LogP contribution in [0.25, 0.3) is 0 Å². The molecule has 0 radical (unpaired) electrons. The van der Waals surface area contributed by atoms with Crippen LogP contribution in [0.15, 0.2) is 39.9 Å². The van der Waals surface area contributed by atoms with E-state index in [2.05, 4.69) is 10.1 Å². The molecule has 18 heavy (non-hydrogen) atoms. The Bertz CT molecular complexity index is 631. The second-order valence-corrected chi connectivity index (χ2v) is 3.82. The molecule has 94 valence electrons. The summed E-state index contributed by atoms with van der Waals surface area (Å²) in [5.41, 5.74) is 0.0999. The third kappa shape index (κ3) is 2.72. The second-order valence-electron chi connectivity index (χ2n) is 3.82. The van der Waals surface area contributed by atoms with E-state index >= 15 is 0 Å². The number of rotatable bonds is 4. The molecule has 2 rings (SSSR count). The minimum absolute atomic E-state index is 0.0669. The van der Waals surface area contributed by atoms with Crippen molar-refractivity contribution < 1.29 is 5.11 Å². The Morgan fingerprint density at radius 3 is 2.61 bits per heavy atom. The maximum Gasteiger partial charge on any atom is 0.344 e.